The van der Waals surface area contributed by atoms with Crippen LogP contribution in [0.25, 0.3) is 0 Å². The summed E-state index contributed by atoms with van der Waals surface area (Å²) in [5.74, 6) is -3.53. The summed E-state index contributed by atoms with van der Waals surface area (Å²) in [7, 11) is 0. The van der Waals surface area contributed by atoms with Crippen molar-refractivity contribution in [2.75, 3.05) is 13.2 Å². The SMILES string of the molecule is CCCCC(CCCC)(CCCC(=O)O)C(=O)O.CCCCC(CCCC)(CCCC(=O)O)C(=O)O.CCCCOC(=O)CCCCC(=O)OCCCC. The second-order valence-corrected chi connectivity index (χ2v) is 14.4. The molecule has 0 aromatic rings. The molecular weight excluding hydrogens is 696 g/mol. The third-order valence-electron chi connectivity index (χ3n) is 9.57. The molecule has 0 amide bonds. The molecular formula is C42H78O12. The zero-order chi connectivity index (χ0) is 41.7. The van der Waals surface area contributed by atoms with Crippen molar-refractivity contribution < 1.29 is 58.7 Å². The Labute approximate surface area is 326 Å². The second-order valence-electron chi connectivity index (χ2n) is 14.4. The van der Waals surface area contributed by atoms with Crippen LogP contribution in [0.5, 0.6) is 0 Å². The first kappa shape index (κ1) is 55.2. The fourth-order valence-corrected chi connectivity index (χ4v) is 5.95. The van der Waals surface area contributed by atoms with E-state index in [0.717, 1.165) is 77.0 Å². The highest BCUT2D eigenvalue weighted by molar-refractivity contribution is 5.75. The number of carboxylic acids is 4. The molecule has 0 bridgehead atoms. The minimum atomic E-state index is -0.847. The van der Waals surface area contributed by atoms with Gasteiger partial charge in [0, 0.05) is 25.7 Å². The topological polar surface area (TPSA) is 202 Å². The van der Waals surface area contributed by atoms with Crippen LogP contribution in [0.1, 0.15) is 208 Å². The highest BCUT2D eigenvalue weighted by atomic mass is 16.5. The molecule has 0 aliphatic rings. The number of carboxylic acid groups (broad SMARTS) is 4. The first-order chi connectivity index (χ1) is 25.7. The van der Waals surface area contributed by atoms with Gasteiger partial charge in [-0.1, -0.05) is 106 Å². The highest BCUT2D eigenvalue weighted by Crippen LogP contribution is 2.38. The Morgan fingerprint density at radius 1 is 0.370 bits per heavy atom. The lowest BCUT2D eigenvalue weighted by Crippen LogP contribution is -2.31. The van der Waals surface area contributed by atoms with Crippen molar-refractivity contribution in [2.24, 2.45) is 10.8 Å². The standard InChI is InChI=1S/3C14H26O4/c1-3-5-11-17-13(15)9-7-8-10-14(16)18-12-6-4-2;2*1-3-5-9-14(13(17)18,10-6-4-2)11-7-8-12(15)16/h3-12H2,1-2H3;2*3-11H2,1-2H3,(H,15,16)(H,17,18). The van der Waals surface area contributed by atoms with E-state index in [4.69, 9.17) is 19.7 Å². The predicted octanol–water partition coefficient (Wildman–Crippen LogP) is 10.6. The van der Waals surface area contributed by atoms with E-state index < -0.39 is 34.7 Å². The molecule has 0 saturated carbocycles. The van der Waals surface area contributed by atoms with Gasteiger partial charge in [-0.3, -0.25) is 28.8 Å². The van der Waals surface area contributed by atoms with E-state index in [1.165, 1.54) is 0 Å². The molecule has 0 aromatic carbocycles. The lowest BCUT2D eigenvalue weighted by atomic mass is 9.74. The molecule has 0 spiro atoms. The van der Waals surface area contributed by atoms with Gasteiger partial charge >= 0.3 is 35.8 Å². The molecule has 0 saturated heterocycles. The Hall–Kier alpha value is -3.18. The Balaban J connectivity index is -0.000000722. The number of hydrogen-bond donors (Lipinski definition) is 4. The highest BCUT2D eigenvalue weighted by Gasteiger charge is 2.37. The van der Waals surface area contributed by atoms with E-state index >= 15 is 0 Å². The smallest absolute Gasteiger partial charge is 0.309 e. The van der Waals surface area contributed by atoms with Gasteiger partial charge in [0.1, 0.15) is 0 Å². The molecule has 12 nitrogen and oxygen atoms in total. The van der Waals surface area contributed by atoms with E-state index in [0.29, 0.717) is 90.3 Å². The lowest BCUT2D eigenvalue weighted by molar-refractivity contribution is -0.152. The van der Waals surface area contributed by atoms with E-state index in [2.05, 4.69) is 13.8 Å². The van der Waals surface area contributed by atoms with E-state index in [1.807, 2.05) is 27.7 Å². The number of hydrogen-bond acceptors (Lipinski definition) is 8. The van der Waals surface area contributed by atoms with Crippen LogP contribution in [0.2, 0.25) is 0 Å². The van der Waals surface area contributed by atoms with Gasteiger partial charge in [0.05, 0.1) is 24.0 Å². The van der Waals surface area contributed by atoms with E-state index in [-0.39, 0.29) is 24.8 Å². The van der Waals surface area contributed by atoms with Gasteiger partial charge in [-0.05, 0) is 77.0 Å². The zero-order valence-corrected chi connectivity index (χ0v) is 34.9. The van der Waals surface area contributed by atoms with Crippen molar-refractivity contribution in [1.29, 1.82) is 0 Å². The summed E-state index contributed by atoms with van der Waals surface area (Å²) < 4.78 is 10.0. The number of aliphatic carboxylic acids is 4. The van der Waals surface area contributed by atoms with Gasteiger partial charge in [0.15, 0.2) is 0 Å². The summed E-state index contributed by atoms with van der Waals surface area (Å²) in [6.45, 7) is 13.3. The van der Waals surface area contributed by atoms with Crippen LogP contribution in [-0.2, 0) is 38.2 Å². The van der Waals surface area contributed by atoms with Gasteiger partial charge in [-0.2, -0.15) is 0 Å². The van der Waals surface area contributed by atoms with Crippen LogP contribution in [0.3, 0.4) is 0 Å². The van der Waals surface area contributed by atoms with Crippen molar-refractivity contribution in [3.63, 3.8) is 0 Å². The van der Waals surface area contributed by atoms with Gasteiger partial charge in [-0.25, -0.2) is 0 Å². The van der Waals surface area contributed by atoms with Crippen molar-refractivity contribution in [1.82, 2.24) is 0 Å². The Morgan fingerprint density at radius 3 is 0.852 bits per heavy atom. The number of carbonyl (C=O) groups excluding carboxylic acids is 2. The maximum absolute atomic E-state index is 11.6. The first-order valence-corrected chi connectivity index (χ1v) is 20.9. The summed E-state index contributed by atoms with van der Waals surface area (Å²) in [5, 5.41) is 36.3. The molecule has 0 aliphatic heterocycles. The molecule has 0 aromatic heterocycles. The number of carbonyl (C=O) groups is 6. The number of unbranched alkanes of at least 4 members (excludes halogenated alkanes) is 7. The third kappa shape index (κ3) is 31.2. The summed E-state index contributed by atoms with van der Waals surface area (Å²) in [5.41, 5.74) is -1.41. The molecule has 0 unspecified atom stereocenters. The molecule has 4 N–H and O–H groups in total. The maximum atomic E-state index is 11.6. The monoisotopic (exact) mass is 775 g/mol. The van der Waals surface area contributed by atoms with Gasteiger partial charge in [0.25, 0.3) is 0 Å². The van der Waals surface area contributed by atoms with Gasteiger partial charge in [-0.15, -0.1) is 0 Å². The van der Waals surface area contributed by atoms with Crippen LogP contribution >= 0.6 is 0 Å². The van der Waals surface area contributed by atoms with Gasteiger partial charge in [0.2, 0.25) is 0 Å². The van der Waals surface area contributed by atoms with Crippen molar-refractivity contribution in [2.45, 2.75) is 208 Å². The largest absolute Gasteiger partial charge is 0.481 e. The van der Waals surface area contributed by atoms with E-state index in [1.54, 1.807) is 0 Å². The molecule has 0 heterocycles. The molecule has 0 atom stereocenters. The number of ether oxygens (including phenoxy) is 2. The van der Waals surface area contributed by atoms with Crippen LogP contribution in [0, 0.1) is 10.8 Å². The van der Waals surface area contributed by atoms with Crippen molar-refractivity contribution in [3.05, 3.63) is 0 Å². The molecule has 12 heteroatoms. The Morgan fingerprint density at radius 2 is 0.630 bits per heavy atom. The minimum Gasteiger partial charge on any atom is -0.481 e. The normalized spacial score (nSPS) is 11.0. The van der Waals surface area contributed by atoms with Crippen LogP contribution < -0.4 is 0 Å². The van der Waals surface area contributed by atoms with Crippen LogP contribution in [0.15, 0.2) is 0 Å². The summed E-state index contributed by atoms with van der Waals surface area (Å²) in [6.07, 6.45) is 18.2. The van der Waals surface area contributed by atoms with Crippen molar-refractivity contribution >= 4 is 35.8 Å². The van der Waals surface area contributed by atoms with Crippen LogP contribution in [-0.4, -0.2) is 69.5 Å². The molecule has 0 aliphatic carbocycles. The molecule has 0 fully saturated rings. The zero-order valence-electron chi connectivity index (χ0n) is 34.9. The van der Waals surface area contributed by atoms with E-state index in [9.17, 15) is 39.0 Å². The number of rotatable bonds is 33. The summed E-state index contributed by atoms with van der Waals surface area (Å²) >= 11 is 0. The maximum Gasteiger partial charge on any atom is 0.309 e. The number of esters is 2. The average Bonchev–Trinajstić information content (AvgIpc) is 3.12. The summed E-state index contributed by atoms with van der Waals surface area (Å²) in [4.78, 5) is 66.7. The van der Waals surface area contributed by atoms with Crippen molar-refractivity contribution in [3.8, 4) is 0 Å². The second kappa shape index (κ2) is 36.8. The first-order valence-electron chi connectivity index (χ1n) is 20.9. The fourth-order valence-electron chi connectivity index (χ4n) is 5.95. The van der Waals surface area contributed by atoms with Gasteiger partial charge < -0.3 is 29.9 Å². The van der Waals surface area contributed by atoms with Crippen LogP contribution in [0.4, 0.5) is 0 Å². The molecule has 0 radical (unpaired) electrons. The molecule has 318 valence electrons. The lowest BCUT2D eigenvalue weighted by Gasteiger charge is -2.29. The molecule has 0 rings (SSSR count). The predicted molar refractivity (Wildman–Crippen MR) is 211 cm³/mol. The third-order valence-corrected chi connectivity index (χ3v) is 9.57. The Bertz CT molecular complexity index is 900. The fraction of sp³-hybridized carbons (Fsp3) is 0.857. The Kier molecular flexibility index (Phi) is 37.6. The molecule has 54 heavy (non-hydrogen) atoms. The quantitative estimate of drug-likeness (QED) is 0.0363. The summed E-state index contributed by atoms with van der Waals surface area (Å²) in [6, 6.07) is 0. The average molecular weight is 775 g/mol. The minimum absolute atomic E-state index is 0.0628.